The van der Waals surface area contributed by atoms with Crippen LogP contribution in [0.15, 0.2) is 47.5 Å². The Morgan fingerprint density at radius 2 is 1.97 bits per heavy atom. The first-order chi connectivity index (χ1) is 14.0. The van der Waals surface area contributed by atoms with Crippen LogP contribution in [-0.2, 0) is 13.1 Å². The summed E-state index contributed by atoms with van der Waals surface area (Å²) in [6.45, 7) is 4.21. The summed E-state index contributed by atoms with van der Waals surface area (Å²) in [5, 5.41) is 6.55. The second kappa shape index (κ2) is 9.41. The topological polar surface area (TPSA) is 57.5 Å². The fraction of sp³-hybridized carbons (Fsp3) is 0.364. The number of rotatable bonds is 7. The molecule has 0 aliphatic heterocycles. The van der Waals surface area contributed by atoms with Crippen molar-refractivity contribution in [2.45, 2.75) is 26.4 Å². The van der Waals surface area contributed by atoms with Gasteiger partial charge in [0.05, 0.1) is 16.7 Å². The van der Waals surface area contributed by atoms with Crippen molar-refractivity contribution < 1.29 is 4.39 Å². The zero-order valence-electron chi connectivity index (χ0n) is 17.5. The Balaban J connectivity index is 1.48. The number of nitrogens with zero attached hydrogens (tertiary/aromatic N) is 4. The molecule has 1 heterocycles. The number of aryl methyl sites for hydroxylation is 2. The van der Waals surface area contributed by atoms with Crippen molar-refractivity contribution in [1.29, 1.82) is 0 Å². The highest BCUT2D eigenvalue weighted by molar-refractivity contribution is 5.79. The zero-order chi connectivity index (χ0) is 20.8. The van der Waals surface area contributed by atoms with Gasteiger partial charge in [-0.25, -0.2) is 9.37 Å². The van der Waals surface area contributed by atoms with Gasteiger partial charge in [-0.3, -0.25) is 4.99 Å². The molecular formula is C22H29FN6. The Bertz CT molecular complexity index is 992. The number of nitrogens with one attached hydrogen (secondary N) is 2. The Kier molecular flexibility index (Phi) is 6.69. The third kappa shape index (κ3) is 5.04. The van der Waals surface area contributed by atoms with Gasteiger partial charge < -0.3 is 20.1 Å². The van der Waals surface area contributed by atoms with Gasteiger partial charge in [-0.2, -0.15) is 0 Å². The van der Waals surface area contributed by atoms with Crippen LogP contribution in [0.1, 0.15) is 17.8 Å². The van der Waals surface area contributed by atoms with Crippen molar-refractivity contribution in [3.63, 3.8) is 0 Å². The lowest BCUT2D eigenvalue weighted by molar-refractivity contribution is 0.619. The number of halogens is 1. The maximum Gasteiger partial charge on any atom is 0.191 e. The summed E-state index contributed by atoms with van der Waals surface area (Å²) in [5.74, 6) is 1.51. The van der Waals surface area contributed by atoms with Crippen molar-refractivity contribution in [3.05, 3.63) is 59.7 Å². The van der Waals surface area contributed by atoms with Crippen molar-refractivity contribution in [1.82, 2.24) is 20.2 Å². The Labute approximate surface area is 171 Å². The minimum atomic E-state index is -0.222. The first kappa shape index (κ1) is 20.6. The van der Waals surface area contributed by atoms with Crippen molar-refractivity contribution in [2.75, 3.05) is 32.6 Å². The van der Waals surface area contributed by atoms with Crippen LogP contribution < -0.4 is 15.5 Å². The predicted octanol–water partition coefficient (Wildman–Crippen LogP) is 3.31. The SMILES string of the molecule is CN=C(NCCCn1c(C)nc2ccccc21)NCc1ccc(N(C)C)c(F)c1. The van der Waals surface area contributed by atoms with Crippen LogP contribution in [0, 0.1) is 12.7 Å². The van der Waals surface area contributed by atoms with E-state index in [1.165, 1.54) is 0 Å². The standard InChI is InChI=1S/C22H29FN6/c1-16-27-19-8-5-6-9-21(19)29(16)13-7-12-25-22(24-2)26-15-17-10-11-20(28(3)4)18(23)14-17/h5-6,8-11,14H,7,12-13,15H2,1-4H3,(H2,24,25,26). The van der Waals surface area contributed by atoms with Gasteiger partial charge in [0.2, 0.25) is 0 Å². The Hall–Kier alpha value is -3.09. The molecule has 0 spiro atoms. The molecule has 0 atom stereocenters. The number of hydrogen-bond acceptors (Lipinski definition) is 3. The van der Waals surface area contributed by atoms with Gasteiger partial charge in [-0.15, -0.1) is 0 Å². The van der Waals surface area contributed by atoms with E-state index in [1.54, 1.807) is 24.1 Å². The smallest absolute Gasteiger partial charge is 0.191 e. The van der Waals surface area contributed by atoms with Gasteiger partial charge in [0.15, 0.2) is 5.96 Å². The van der Waals surface area contributed by atoms with E-state index in [4.69, 9.17) is 0 Å². The van der Waals surface area contributed by atoms with E-state index >= 15 is 0 Å². The summed E-state index contributed by atoms with van der Waals surface area (Å²) in [7, 11) is 5.39. The minimum absolute atomic E-state index is 0.222. The highest BCUT2D eigenvalue weighted by Crippen LogP contribution is 2.18. The molecule has 6 nitrogen and oxygen atoms in total. The van der Waals surface area contributed by atoms with E-state index in [1.807, 2.05) is 45.3 Å². The maximum absolute atomic E-state index is 14.1. The van der Waals surface area contributed by atoms with Crippen molar-refractivity contribution in [3.8, 4) is 0 Å². The number of hydrogen-bond donors (Lipinski definition) is 2. The molecule has 0 radical (unpaired) electrons. The number of anilines is 1. The molecule has 0 bridgehead atoms. The first-order valence-corrected chi connectivity index (χ1v) is 9.81. The second-order valence-electron chi connectivity index (χ2n) is 7.19. The summed E-state index contributed by atoms with van der Waals surface area (Å²) < 4.78 is 16.3. The zero-order valence-corrected chi connectivity index (χ0v) is 17.5. The van der Waals surface area contributed by atoms with Crippen molar-refractivity contribution in [2.24, 2.45) is 4.99 Å². The molecule has 0 saturated heterocycles. The van der Waals surface area contributed by atoms with E-state index < -0.39 is 0 Å². The number of aliphatic imine (C=N–C) groups is 1. The third-order valence-electron chi connectivity index (χ3n) is 4.87. The Morgan fingerprint density at radius 1 is 1.17 bits per heavy atom. The van der Waals surface area contributed by atoms with Gasteiger partial charge >= 0.3 is 0 Å². The Morgan fingerprint density at radius 3 is 2.69 bits per heavy atom. The molecule has 29 heavy (non-hydrogen) atoms. The molecule has 2 N–H and O–H groups in total. The first-order valence-electron chi connectivity index (χ1n) is 9.81. The van der Waals surface area contributed by atoms with Gasteiger partial charge in [-0.05, 0) is 43.2 Å². The average molecular weight is 397 g/mol. The highest BCUT2D eigenvalue weighted by Gasteiger charge is 2.07. The molecule has 3 aromatic rings. The second-order valence-corrected chi connectivity index (χ2v) is 7.19. The number of guanidine groups is 1. The monoisotopic (exact) mass is 396 g/mol. The number of para-hydroxylation sites is 2. The summed E-state index contributed by atoms with van der Waals surface area (Å²) in [6, 6.07) is 13.5. The molecule has 3 rings (SSSR count). The molecule has 7 heteroatoms. The molecule has 0 aliphatic carbocycles. The van der Waals surface area contributed by atoms with E-state index in [-0.39, 0.29) is 5.82 Å². The van der Waals surface area contributed by atoms with Gasteiger partial charge in [0.1, 0.15) is 11.6 Å². The van der Waals surface area contributed by atoms with Crippen molar-refractivity contribution >= 4 is 22.7 Å². The molecule has 2 aromatic carbocycles. The van der Waals surface area contributed by atoms with Gasteiger partial charge in [0.25, 0.3) is 0 Å². The largest absolute Gasteiger partial charge is 0.375 e. The summed E-state index contributed by atoms with van der Waals surface area (Å²) in [5.41, 5.74) is 3.65. The highest BCUT2D eigenvalue weighted by atomic mass is 19.1. The normalized spacial score (nSPS) is 11.7. The molecule has 0 amide bonds. The molecule has 0 fully saturated rings. The number of benzene rings is 2. The van der Waals surface area contributed by atoms with Crippen LogP contribution in [0.25, 0.3) is 11.0 Å². The molecule has 0 aliphatic rings. The molecule has 154 valence electrons. The fourth-order valence-corrected chi connectivity index (χ4v) is 3.35. The fourth-order valence-electron chi connectivity index (χ4n) is 3.35. The van der Waals surface area contributed by atoms with E-state index in [9.17, 15) is 4.39 Å². The van der Waals surface area contributed by atoms with E-state index in [2.05, 4.69) is 31.2 Å². The lowest BCUT2D eigenvalue weighted by Gasteiger charge is -2.15. The van der Waals surface area contributed by atoms with E-state index in [0.717, 1.165) is 41.9 Å². The third-order valence-corrected chi connectivity index (χ3v) is 4.87. The minimum Gasteiger partial charge on any atom is -0.375 e. The van der Waals surface area contributed by atoms with Crippen LogP contribution in [0.4, 0.5) is 10.1 Å². The van der Waals surface area contributed by atoms with E-state index in [0.29, 0.717) is 18.2 Å². The molecule has 1 aromatic heterocycles. The van der Waals surface area contributed by atoms with Crippen LogP contribution in [0.3, 0.4) is 0 Å². The maximum atomic E-state index is 14.1. The van der Waals surface area contributed by atoms with Crippen LogP contribution in [-0.4, -0.2) is 43.2 Å². The summed E-state index contributed by atoms with van der Waals surface area (Å²) >= 11 is 0. The lowest BCUT2D eigenvalue weighted by Crippen LogP contribution is -2.37. The molecular weight excluding hydrogens is 367 g/mol. The molecule has 0 unspecified atom stereocenters. The van der Waals surface area contributed by atoms with Crippen LogP contribution >= 0.6 is 0 Å². The average Bonchev–Trinajstić information content (AvgIpc) is 3.02. The number of aromatic nitrogens is 2. The summed E-state index contributed by atoms with van der Waals surface area (Å²) in [6.07, 6.45) is 0.939. The molecule has 0 saturated carbocycles. The predicted molar refractivity (Wildman–Crippen MR) is 118 cm³/mol. The lowest BCUT2D eigenvalue weighted by atomic mass is 10.2. The van der Waals surface area contributed by atoms with Crippen LogP contribution in [0.5, 0.6) is 0 Å². The summed E-state index contributed by atoms with van der Waals surface area (Å²) in [4.78, 5) is 10.6. The van der Waals surface area contributed by atoms with Gasteiger partial charge in [0, 0.05) is 40.8 Å². The number of imidazole rings is 1. The number of fused-ring (bicyclic) bond motifs is 1. The quantitative estimate of drug-likeness (QED) is 0.366. The van der Waals surface area contributed by atoms with Crippen LogP contribution in [0.2, 0.25) is 0 Å². The van der Waals surface area contributed by atoms with Gasteiger partial charge in [-0.1, -0.05) is 18.2 Å².